The minimum absolute atomic E-state index is 0.0501. The third-order valence-corrected chi connectivity index (χ3v) is 5.96. The lowest BCUT2D eigenvalue weighted by Crippen LogP contribution is -2.20. The Morgan fingerprint density at radius 2 is 1.80 bits per heavy atom. The second kappa shape index (κ2) is 9.01. The van der Waals surface area contributed by atoms with Crippen LogP contribution < -0.4 is 10.2 Å². The second-order valence-electron chi connectivity index (χ2n) is 8.43. The molecule has 1 aromatic carbocycles. The minimum atomic E-state index is -4.57. The first-order valence-electron chi connectivity index (χ1n) is 11.1. The number of carbonyl (C=O) groups excluding carboxylic acids is 1. The first-order chi connectivity index (χ1) is 16.8. The van der Waals surface area contributed by atoms with E-state index in [0.29, 0.717) is 11.3 Å². The summed E-state index contributed by atoms with van der Waals surface area (Å²) in [6.45, 7) is 1.92. The Morgan fingerprint density at radius 1 is 1.00 bits per heavy atom. The van der Waals surface area contributed by atoms with Crippen molar-refractivity contribution in [3.63, 3.8) is 0 Å². The third-order valence-electron chi connectivity index (χ3n) is 5.96. The maximum atomic E-state index is 13.7. The zero-order valence-corrected chi connectivity index (χ0v) is 18.5. The largest absolute Gasteiger partial charge is 0.417 e. The Morgan fingerprint density at radius 3 is 2.49 bits per heavy atom. The van der Waals surface area contributed by atoms with E-state index in [0.717, 1.165) is 44.0 Å². The van der Waals surface area contributed by atoms with Gasteiger partial charge in [0.1, 0.15) is 23.0 Å². The normalized spacial score (nSPS) is 14.0. The Kier molecular flexibility index (Phi) is 5.88. The molecule has 0 atom stereocenters. The van der Waals surface area contributed by atoms with E-state index in [1.807, 2.05) is 6.07 Å². The van der Waals surface area contributed by atoms with E-state index in [1.54, 1.807) is 18.3 Å². The predicted octanol–water partition coefficient (Wildman–Crippen LogP) is 5.49. The van der Waals surface area contributed by atoms with Crippen molar-refractivity contribution in [3.05, 3.63) is 83.6 Å². The zero-order chi connectivity index (χ0) is 24.6. The smallest absolute Gasteiger partial charge is 0.357 e. The molecule has 0 saturated carbocycles. The van der Waals surface area contributed by atoms with Gasteiger partial charge >= 0.3 is 6.18 Å². The molecule has 1 aliphatic rings. The first-order valence-corrected chi connectivity index (χ1v) is 11.1. The Balaban J connectivity index is 1.48. The third kappa shape index (κ3) is 4.82. The number of benzene rings is 1. The highest BCUT2D eigenvalue weighted by atomic mass is 19.4. The van der Waals surface area contributed by atoms with E-state index in [1.165, 1.54) is 28.8 Å². The van der Waals surface area contributed by atoms with Gasteiger partial charge in [0.05, 0.1) is 17.4 Å². The van der Waals surface area contributed by atoms with Gasteiger partial charge in [-0.05, 0) is 54.8 Å². The number of halogens is 4. The van der Waals surface area contributed by atoms with E-state index < -0.39 is 23.5 Å². The van der Waals surface area contributed by atoms with Gasteiger partial charge in [-0.2, -0.15) is 13.2 Å². The summed E-state index contributed by atoms with van der Waals surface area (Å²) in [5.74, 6) is -0.172. The molecule has 180 valence electrons. The Labute approximate surface area is 198 Å². The highest BCUT2D eigenvalue weighted by Gasteiger charge is 2.32. The maximum Gasteiger partial charge on any atom is 0.417 e. The van der Waals surface area contributed by atoms with Crippen LogP contribution in [0.15, 0.2) is 60.9 Å². The molecule has 4 aromatic rings. The first kappa shape index (κ1) is 22.8. The molecule has 0 radical (unpaired) electrons. The number of nitrogens with one attached hydrogen (secondary N) is 1. The molecule has 1 aliphatic heterocycles. The number of rotatable bonds is 5. The van der Waals surface area contributed by atoms with Gasteiger partial charge in [0.25, 0.3) is 5.91 Å². The molecule has 1 fully saturated rings. The van der Waals surface area contributed by atoms with Crippen LogP contribution in [0.4, 0.5) is 29.1 Å². The van der Waals surface area contributed by atoms with Crippen molar-refractivity contribution in [1.29, 1.82) is 0 Å². The van der Waals surface area contributed by atoms with Crippen LogP contribution in [0, 0.1) is 5.82 Å². The molecule has 0 spiro atoms. The second-order valence-corrected chi connectivity index (χ2v) is 8.43. The Hall–Kier alpha value is -3.95. The molecule has 0 unspecified atom stereocenters. The lowest BCUT2D eigenvalue weighted by molar-refractivity contribution is -0.137. The summed E-state index contributed by atoms with van der Waals surface area (Å²) in [7, 11) is 0. The molecule has 6 nitrogen and oxygen atoms in total. The lowest BCUT2D eigenvalue weighted by Gasteiger charge is -2.16. The quantitative estimate of drug-likeness (QED) is 0.382. The van der Waals surface area contributed by atoms with Crippen molar-refractivity contribution in [3.8, 4) is 0 Å². The van der Waals surface area contributed by atoms with Crippen LogP contribution in [-0.4, -0.2) is 33.5 Å². The number of anilines is 2. The fraction of sp³-hybridized carbons (Fsp3) is 0.240. The van der Waals surface area contributed by atoms with Gasteiger partial charge in [0.15, 0.2) is 0 Å². The number of nitrogens with zero attached hydrogens (tertiary/aromatic N) is 4. The number of pyridine rings is 2. The van der Waals surface area contributed by atoms with Gasteiger partial charge in [-0.25, -0.2) is 14.4 Å². The number of carbonyl (C=O) groups is 1. The number of amides is 1. The van der Waals surface area contributed by atoms with Crippen molar-refractivity contribution in [2.45, 2.75) is 25.6 Å². The summed E-state index contributed by atoms with van der Waals surface area (Å²) < 4.78 is 54.9. The highest BCUT2D eigenvalue weighted by molar-refractivity contribution is 6.06. The summed E-state index contributed by atoms with van der Waals surface area (Å²) in [4.78, 5) is 23.7. The van der Waals surface area contributed by atoms with Crippen molar-refractivity contribution < 1.29 is 22.4 Å². The fourth-order valence-corrected chi connectivity index (χ4v) is 4.26. The molecule has 0 bridgehead atoms. The van der Waals surface area contributed by atoms with Crippen molar-refractivity contribution in [2.24, 2.45) is 0 Å². The van der Waals surface area contributed by atoms with Crippen LogP contribution in [0.5, 0.6) is 0 Å². The number of hydrogen-bond acceptors (Lipinski definition) is 4. The summed E-state index contributed by atoms with van der Waals surface area (Å²) in [6.07, 6.45) is -0.0739. The van der Waals surface area contributed by atoms with Crippen LogP contribution >= 0.6 is 0 Å². The van der Waals surface area contributed by atoms with E-state index in [9.17, 15) is 22.4 Å². The molecule has 35 heavy (non-hydrogen) atoms. The standard InChI is InChI=1S/C25H21F4N5O/c26-19-5-3-4-16(10-19)15-34-21(12-17-11-18(25(27,28)29)13-31-23(17)34)24(35)32-20-6-7-22(30-14-20)33-8-1-2-9-33/h3-7,10-14H,1-2,8-9,15H2,(H,32,35). The van der Waals surface area contributed by atoms with Crippen molar-refractivity contribution in [1.82, 2.24) is 14.5 Å². The molecular weight excluding hydrogens is 462 g/mol. The summed E-state index contributed by atoms with van der Waals surface area (Å²) >= 11 is 0. The summed E-state index contributed by atoms with van der Waals surface area (Å²) in [5.41, 5.74) is 0.357. The number of aromatic nitrogens is 3. The molecule has 1 N–H and O–H groups in total. The van der Waals surface area contributed by atoms with Crippen LogP contribution in [0.3, 0.4) is 0 Å². The topological polar surface area (TPSA) is 63.1 Å². The lowest BCUT2D eigenvalue weighted by atomic mass is 10.2. The molecule has 5 rings (SSSR count). The Bertz CT molecular complexity index is 1380. The van der Waals surface area contributed by atoms with Crippen LogP contribution in [-0.2, 0) is 12.7 Å². The number of alkyl halides is 3. The molecular formula is C25H21F4N5O. The van der Waals surface area contributed by atoms with E-state index in [2.05, 4.69) is 20.2 Å². The molecule has 0 aliphatic carbocycles. The van der Waals surface area contributed by atoms with Crippen LogP contribution in [0.1, 0.15) is 34.5 Å². The average molecular weight is 483 g/mol. The SMILES string of the molecule is O=C(Nc1ccc(N2CCCC2)nc1)c1cc2cc(C(F)(F)F)cnc2n1Cc1cccc(F)c1. The van der Waals surface area contributed by atoms with Gasteiger partial charge in [0, 0.05) is 31.2 Å². The van der Waals surface area contributed by atoms with E-state index in [4.69, 9.17) is 0 Å². The van der Waals surface area contributed by atoms with Gasteiger partial charge < -0.3 is 14.8 Å². The summed E-state index contributed by atoms with van der Waals surface area (Å²) in [5, 5.41) is 2.91. The van der Waals surface area contributed by atoms with Crippen LogP contribution in [0.2, 0.25) is 0 Å². The molecule has 10 heteroatoms. The van der Waals surface area contributed by atoms with Gasteiger partial charge in [-0.3, -0.25) is 4.79 Å². The molecule has 1 saturated heterocycles. The van der Waals surface area contributed by atoms with Gasteiger partial charge in [0.2, 0.25) is 0 Å². The van der Waals surface area contributed by atoms with Gasteiger partial charge in [-0.15, -0.1) is 0 Å². The monoisotopic (exact) mass is 483 g/mol. The number of fused-ring (bicyclic) bond motifs is 1. The van der Waals surface area contributed by atoms with E-state index >= 15 is 0 Å². The molecule has 1 amide bonds. The highest BCUT2D eigenvalue weighted by Crippen LogP contribution is 2.32. The van der Waals surface area contributed by atoms with Crippen LogP contribution in [0.25, 0.3) is 11.0 Å². The molecule has 3 aromatic heterocycles. The fourth-order valence-electron chi connectivity index (χ4n) is 4.26. The van der Waals surface area contributed by atoms with Crippen molar-refractivity contribution in [2.75, 3.05) is 23.3 Å². The average Bonchev–Trinajstić information content (AvgIpc) is 3.48. The maximum absolute atomic E-state index is 13.7. The van der Waals surface area contributed by atoms with Crippen molar-refractivity contribution >= 4 is 28.4 Å². The van der Waals surface area contributed by atoms with Gasteiger partial charge in [-0.1, -0.05) is 12.1 Å². The zero-order valence-electron chi connectivity index (χ0n) is 18.5. The predicted molar refractivity (Wildman–Crippen MR) is 124 cm³/mol. The number of hydrogen-bond donors (Lipinski definition) is 1. The minimum Gasteiger partial charge on any atom is -0.357 e. The van der Waals surface area contributed by atoms with E-state index in [-0.39, 0.29) is 23.3 Å². The molecule has 4 heterocycles. The summed E-state index contributed by atoms with van der Waals surface area (Å²) in [6, 6.07) is 11.7.